The number of hydrogen-bond donors (Lipinski definition) is 2. The number of anilines is 1. The standard InChI is InChI=1S/C18H18N2O5/c1-10-7-15(24-2)14(18(22)23)9-13(10)17(21)20-16-8-12(5-6-19-16)25-11-3-4-11/h5-9,11H,3-4H2,1-2H3,(H,22,23)(H,19,20,21). The highest BCUT2D eigenvalue weighted by molar-refractivity contribution is 6.06. The molecule has 1 aliphatic rings. The average molecular weight is 342 g/mol. The van der Waals surface area contributed by atoms with Gasteiger partial charge >= 0.3 is 5.97 Å². The van der Waals surface area contributed by atoms with Gasteiger partial charge < -0.3 is 19.9 Å². The lowest BCUT2D eigenvalue weighted by Gasteiger charge is -2.12. The first-order valence-corrected chi connectivity index (χ1v) is 7.84. The summed E-state index contributed by atoms with van der Waals surface area (Å²) in [7, 11) is 1.39. The quantitative estimate of drug-likeness (QED) is 0.838. The predicted octanol–water partition coefficient (Wildman–Crippen LogP) is 2.89. The summed E-state index contributed by atoms with van der Waals surface area (Å²) >= 11 is 0. The number of hydrogen-bond acceptors (Lipinski definition) is 5. The molecule has 130 valence electrons. The Labute approximate surface area is 144 Å². The van der Waals surface area contributed by atoms with Gasteiger partial charge in [0.25, 0.3) is 5.91 Å². The molecule has 1 aliphatic carbocycles. The normalized spacial score (nSPS) is 13.2. The lowest BCUT2D eigenvalue weighted by Crippen LogP contribution is -2.16. The Morgan fingerprint density at radius 1 is 1.24 bits per heavy atom. The minimum Gasteiger partial charge on any atom is -0.496 e. The highest BCUT2D eigenvalue weighted by atomic mass is 16.5. The molecule has 7 nitrogen and oxygen atoms in total. The molecule has 1 saturated carbocycles. The molecule has 0 radical (unpaired) electrons. The molecule has 1 heterocycles. The molecule has 7 heteroatoms. The van der Waals surface area contributed by atoms with Gasteiger partial charge in [-0.3, -0.25) is 4.79 Å². The molecule has 3 rings (SSSR count). The van der Waals surface area contributed by atoms with Gasteiger partial charge in [0.05, 0.1) is 13.2 Å². The third-order valence-corrected chi connectivity index (χ3v) is 3.82. The first-order valence-electron chi connectivity index (χ1n) is 7.84. The second kappa shape index (κ2) is 6.80. The maximum absolute atomic E-state index is 12.5. The fourth-order valence-corrected chi connectivity index (χ4v) is 2.38. The summed E-state index contributed by atoms with van der Waals surface area (Å²) in [6.07, 6.45) is 3.87. The van der Waals surface area contributed by atoms with Crippen molar-refractivity contribution in [2.24, 2.45) is 0 Å². The number of carbonyl (C=O) groups excluding carboxylic acids is 1. The lowest BCUT2D eigenvalue weighted by molar-refractivity contribution is 0.0693. The number of ether oxygens (including phenoxy) is 2. The Balaban J connectivity index is 1.83. The molecule has 0 bridgehead atoms. The molecule has 0 spiro atoms. The second-order valence-electron chi connectivity index (χ2n) is 5.82. The first-order chi connectivity index (χ1) is 12.0. The number of benzene rings is 1. The number of nitrogens with one attached hydrogen (secondary N) is 1. The predicted molar refractivity (Wildman–Crippen MR) is 90.5 cm³/mol. The number of pyridine rings is 1. The fourth-order valence-electron chi connectivity index (χ4n) is 2.38. The van der Waals surface area contributed by atoms with Crippen molar-refractivity contribution in [3.8, 4) is 11.5 Å². The molecule has 2 N–H and O–H groups in total. The Morgan fingerprint density at radius 2 is 2.00 bits per heavy atom. The molecule has 25 heavy (non-hydrogen) atoms. The number of carboxylic acids is 1. The Bertz CT molecular complexity index is 830. The van der Waals surface area contributed by atoms with E-state index in [9.17, 15) is 14.7 Å². The van der Waals surface area contributed by atoms with Crippen molar-refractivity contribution in [1.29, 1.82) is 0 Å². The average Bonchev–Trinajstić information content (AvgIpc) is 3.38. The molecule has 0 saturated heterocycles. The number of methoxy groups -OCH3 is 1. The van der Waals surface area contributed by atoms with Gasteiger partial charge in [-0.05, 0) is 43.5 Å². The van der Waals surface area contributed by atoms with E-state index in [0.717, 1.165) is 12.8 Å². The Morgan fingerprint density at radius 3 is 2.64 bits per heavy atom. The number of carboxylic acid groups (broad SMARTS) is 1. The maximum Gasteiger partial charge on any atom is 0.339 e. The van der Waals surface area contributed by atoms with Crippen LogP contribution in [0.4, 0.5) is 5.82 Å². The monoisotopic (exact) mass is 342 g/mol. The molecule has 0 unspecified atom stereocenters. The van der Waals surface area contributed by atoms with Crippen LogP contribution in [0.15, 0.2) is 30.5 Å². The van der Waals surface area contributed by atoms with Gasteiger partial charge in [0.1, 0.15) is 22.9 Å². The fraction of sp³-hybridized carbons (Fsp3) is 0.278. The topological polar surface area (TPSA) is 97.8 Å². The van der Waals surface area contributed by atoms with Gasteiger partial charge in [0.2, 0.25) is 0 Å². The Kier molecular flexibility index (Phi) is 4.56. The molecule has 1 amide bonds. The number of aryl methyl sites for hydroxylation is 1. The van der Waals surface area contributed by atoms with Crippen LogP contribution in [-0.4, -0.2) is 35.2 Å². The molecule has 1 fully saturated rings. The van der Waals surface area contributed by atoms with Crippen molar-refractivity contribution in [2.45, 2.75) is 25.9 Å². The minimum atomic E-state index is -1.16. The van der Waals surface area contributed by atoms with E-state index in [-0.39, 0.29) is 23.0 Å². The van der Waals surface area contributed by atoms with Crippen LogP contribution in [0.5, 0.6) is 11.5 Å². The van der Waals surface area contributed by atoms with Crippen molar-refractivity contribution < 1.29 is 24.2 Å². The van der Waals surface area contributed by atoms with Crippen LogP contribution in [0.2, 0.25) is 0 Å². The summed E-state index contributed by atoms with van der Waals surface area (Å²) in [4.78, 5) is 28.0. The van der Waals surface area contributed by atoms with Crippen LogP contribution < -0.4 is 14.8 Å². The third-order valence-electron chi connectivity index (χ3n) is 3.82. The van der Waals surface area contributed by atoms with E-state index in [4.69, 9.17) is 9.47 Å². The lowest BCUT2D eigenvalue weighted by atomic mass is 10.0. The van der Waals surface area contributed by atoms with Gasteiger partial charge in [-0.1, -0.05) is 0 Å². The van der Waals surface area contributed by atoms with E-state index in [0.29, 0.717) is 17.1 Å². The maximum atomic E-state index is 12.5. The zero-order valence-corrected chi connectivity index (χ0v) is 13.9. The number of aromatic carboxylic acids is 1. The summed E-state index contributed by atoms with van der Waals surface area (Å²) in [5.74, 6) is -0.414. The van der Waals surface area contributed by atoms with Crippen LogP contribution >= 0.6 is 0 Å². The smallest absolute Gasteiger partial charge is 0.339 e. The zero-order valence-electron chi connectivity index (χ0n) is 13.9. The molecular formula is C18H18N2O5. The highest BCUT2D eigenvalue weighted by Gasteiger charge is 2.24. The number of amides is 1. The molecule has 0 atom stereocenters. The van der Waals surface area contributed by atoms with E-state index in [2.05, 4.69) is 10.3 Å². The van der Waals surface area contributed by atoms with Crippen molar-refractivity contribution >= 4 is 17.7 Å². The SMILES string of the molecule is COc1cc(C)c(C(=O)Nc2cc(OC3CC3)ccn2)cc1C(=O)O. The second-order valence-corrected chi connectivity index (χ2v) is 5.82. The summed E-state index contributed by atoms with van der Waals surface area (Å²) in [5, 5.41) is 11.9. The van der Waals surface area contributed by atoms with Crippen molar-refractivity contribution in [3.63, 3.8) is 0 Å². The molecule has 1 aromatic carbocycles. The van der Waals surface area contributed by atoms with Crippen LogP contribution in [0.3, 0.4) is 0 Å². The van der Waals surface area contributed by atoms with Gasteiger partial charge in [-0.2, -0.15) is 0 Å². The van der Waals surface area contributed by atoms with Crippen LogP contribution in [0.1, 0.15) is 39.1 Å². The van der Waals surface area contributed by atoms with Gasteiger partial charge in [0.15, 0.2) is 0 Å². The van der Waals surface area contributed by atoms with Crippen LogP contribution in [-0.2, 0) is 0 Å². The number of rotatable bonds is 6. The van der Waals surface area contributed by atoms with Crippen LogP contribution in [0.25, 0.3) is 0 Å². The van der Waals surface area contributed by atoms with Gasteiger partial charge in [0, 0.05) is 17.8 Å². The van der Waals surface area contributed by atoms with Crippen LogP contribution in [0, 0.1) is 6.92 Å². The number of nitrogens with zero attached hydrogens (tertiary/aromatic N) is 1. The summed E-state index contributed by atoms with van der Waals surface area (Å²) in [6.45, 7) is 1.71. The zero-order chi connectivity index (χ0) is 18.0. The van der Waals surface area contributed by atoms with E-state index >= 15 is 0 Å². The third kappa shape index (κ3) is 3.88. The summed E-state index contributed by atoms with van der Waals surface area (Å²) < 4.78 is 10.7. The molecular weight excluding hydrogens is 324 g/mol. The minimum absolute atomic E-state index is 0.0722. The molecule has 0 aliphatic heterocycles. The molecule has 1 aromatic heterocycles. The van der Waals surface area contributed by atoms with E-state index in [1.54, 1.807) is 25.3 Å². The van der Waals surface area contributed by atoms with Crippen molar-refractivity contribution in [2.75, 3.05) is 12.4 Å². The van der Waals surface area contributed by atoms with Gasteiger partial charge in [-0.15, -0.1) is 0 Å². The van der Waals surface area contributed by atoms with E-state index in [1.165, 1.54) is 19.2 Å². The first kappa shape index (κ1) is 16.8. The summed E-state index contributed by atoms with van der Waals surface area (Å²) in [5.41, 5.74) is 0.773. The summed E-state index contributed by atoms with van der Waals surface area (Å²) in [6, 6.07) is 6.21. The largest absolute Gasteiger partial charge is 0.496 e. The highest BCUT2D eigenvalue weighted by Crippen LogP contribution is 2.28. The Hall–Kier alpha value is -3.09. The number of carbonyl (C=O) groups is 2. The number of aromatic nitrogens is 1. The van der Waals surface area contributed by atoms with Crippen molar-refractivity contribution in [3.05, 3.63) is 47.2 Å². The van der Waals surface area contributed by atoms with E-state index < -0.39 is 11.9 Å². The van der Waals surface area contributed by atoms with Crippen molar-refractivity contribution in [1.82, 2.24) is 4.98 Å². The van der Waals surface area contributed by atoms with E-state index in [1.807, 2.05) is 0 Å². The molecule has 2 aromatic rings. The van der Waals surface area contributed by atoms with Gasteiger partial charge in [-0.25, -0.2) is 9.78 Å².